The Bertz CT molecular complexity index is 295. The van der Waals surface area contributed by atoms with E-state index in [9.17, 15) is 0 Å². The van der Waals surface area contributed by atoms with Crippen LogP contribution in [0.4, 0.5) is 0 Å². The van der Waals surface area contributed by atoms with E-state index in [-0.39, 0.29) is 11.2 Å². The van der Waals surface area contributed by atoms with Gasteiger partial charge in [-0.15, -0.1) is 0 Å². The summed E-state index contributed by atoms with van der Waals surface area (Å²) in [5.74, 6) is 0. The van der Waals surface area contributed by atoms with E-state index in [0.717, 1.165) is 12.5 Å². The number of hydrogen-bond donors (Lipinski definition) is 1. The number of hydrogen-bond acceptors (Lipinski definition) is 3. The first kappa shape index (κ1) is 15.3. The van der Waals surface area contributed by atoms with E-state index in [1.807, 2.05) is 0 Å². The minimum atomic E-state index is -0.0243. The van der Waals surface area contributed by atoms with E-state index in [1.54, 1.807) is 0 Å². The zero-order chi connectivity index (χ0) is 14.1. The van der Waals surface area contributed by atoms with E-state index in [4.69, 9.17) is 4.74 Å². The third-order valence-corrected chi connectivity index (χ3v) is 4.69. The van der Waals surface area contributed by atoms with Crippen LogP contribution in [0.1, 0.15) is 60.3 Å². The topological polar surface area (TPSA) is 24.5 Å². The maximum absolute atomic E-state index is 6.31. The Hall–Kier alpha value is -0.120. The lowest BCUT2D eigenvalue weighted by Gasteiger charge is -2.42. The number of nitrogens with one attached hydrogen (secondary N) is 1. The smallest absolute Gasteiger partial charge is 0.0789 e. The third-order valence-electron chi connectivity index (χ3n) is 4.69. The summed E-state index contributed by atoms with van der Waals surface area (Å²) in [6, 6.07) is 1.30. The van der Waals surface area contributed by atoms with Crippen molar-refractivity contribution in [2.24, 2.45) is 0 Å². The lowest BCUT2D eigenvalue weighted by atomic mass is 9.90. The first-order chi connectivity index (χ1) is 8.86. The van der Waals surface area contributed by atoms with Crippen LogP contribution < -0.4 is 5.32 Å². The molecule has 0 aromatic rings. The van der Waals surface area contributed by atoms with Crippen LogP contribution in [0.5, 0.6) is 0 Å². The lowest BCUT2D eigenvalue weighted by Crippen LogP contribution is -2.54. The molecular formula is C16H32N2O. The molecule has 0 aliphatic carbocycles. The van der Waals surface area contributed by atoms with E-state index in [2.05, 4.69) is 44.8 Å². The summed E-state index contributed by atoms with van der Waals surface area (Å²) < 4.78 is 6.31. The zero-order valence-corrected chi connectivity index (χ0v) is 13.5. The Morgan fingerprint density at radius 3 is 2.26 bits per heavy atom. The molecule has 0 aromatic heterocycles. The molecule has 1 atom stereocenters. The molecular weight excluding hydrogens is 236 g/mol. The predicted molar refractivity (Wildman–Crippen MR) is 80.5 cm³/mol. The molecule has 2 aliphatic heterocycles. The second kappa shape index (κ2) is 5.71. The molecule has 0 radical (unpaired) electrons. The summed E-state index contributed by atoms with van der Waals surface area (Å²) in [4.78, 5) is 2.76. The van der Waals surface area contributed by atoms with Gasteiger partial charge in [0.1, 0.15) is 0 Å². The molecule has 2 fully saturated rings. The Labute approximate surface area is 119 Å². The standard InChI is InChI=1S/C16H32N2O/c1-6-11-18(13-7-9-17-10-8-13)14-12-15(2,3)19-16(14,4)5/h13-14,17H,6-12H2,1-5H3. The highest BCUT2D eigenvalue weighted by atomic mass is 16.5. The van der Waals surface area contributed by atoms with E-state index >= 15 is 0 Å². The van der Waals surface area contributed by atoms with Gasteiger partial charge in [0, 0.05) is 12.1 Å². The van der Waals surface area contributed by atoms with Gasteiger partial charge >= 0.3 is 0 Å². The SMILES string of the molecule is CCCN(C1CCNCC1)C1CC(C)(C)OC1(C)C. The van der Waals surface area contributed by atoms with Crippen molar-refractivity contribution in [2.45, 2.75) is 83.6 Å². The van der Waals surface area contributed by atoms with Crippen LogP contribution in [0.2, 0.25) is 0 Å². The van der Waals surface area contributed by atoms with Gasteiger partial charge < -0.3 is 10.1 Å². The van der Waals surface area contributed by atoms with Gasteiger partial charge in [-0.1, -0.05) is 6.92 Å². The fourth-order valence-electron chi connectivity index (χ4n) is 4.04. The molecule has 1 N–H and O–H groups in total. The van der Waals surface area contributed by atoms with E-state index in [1.165, 1.54) is 38.9 Å². The molecule has 3 nitrogen and oxygen atoms in total. The van der Waals surface area contributed by atoms with Gasteiger partial charge in [0.2, 0.25) is 0 Å². The summed E-state index contributed by atoms with van der Waals surface area (Å²) in [5, 5.41) is 3.48. The summed E-state index contributed by atoms with van der Waals surface area (Å²) in [5.41, 5.74) is -0.00335. The average Bonchev–Trinajstić information content (AvgIpc) is 2.55. The fraction of sp³-hybridized carbons (Fsp3) is 1.00. The van der Waals surface area contributed by atoms with Gasteiger partial charge in [-0.3, -0.25) is 4.90 Å². The normalized spacial score (nSPS) is 30.9. The minimum Gasteiger partial charge on any atom is -0.368 e. The molecule has 2 rings (SSSR count). The zero-order valence-electron chi connectivity index (χ0n) is 13.5. The van der Waals surface area contributed by atoms with Gasteiger partial charge in [-0.25, -0.2) is 0 Å². The van der Waals surface area contributed by atoms with Crippen LogP contribution in [-0.2, 0) is 4.74 Å². The van der Waals surface area contributed by atoms with Gasteiger partial charge in [-0.05, 0) is 73.0 Å². The van der Waals surface area contributed by atoms with Crippen molar-refractivity contribution in [3.8, 4) is 0 Å². The Morgan fingerprint density at radius 1 is 1.16 bits per heavy atom. The maximum Gasteiger partial charge on any atom is 0.0789 e. The number of rotatable bonds is 4. The molecule has 2 saturated heterocycles. The van der Waals surface area contributed by atoms with Crippen molar-refractivity contribution in [2.75, 3.05) is 19.6 Å². The van der Waals surface area contributed by atoms with E-state index < -0.39 is 0 Å². The Morgan fingerprint density at radius 2 is 1.79 bits per heavy atom. The van der Waals surface area contributed by atoms with Crippen molar-refractivity contribution in [1.82, 2.24) is 10.2 Å². The quantitative estimate of drug-likeness (QED) is 0.848. The molecule has 19 heavy (non-hydrogen) atoms. The van der Waals surface area contributed by atoms with Crippen molar-refractivity contribution >= 4 is 0 Å². The number of ether oxygens (including phenoxy) is 1. The Kier molecular flexibility index (Phi) is 4.59. The number of nitrogens with zero attached hydrogens (tertiary/aromatic N) is 1. The van der Waals surface area contributed by atoms with E-state index in [0.29, 0.717) is 6.04 Å². The second-order valence-corrected chi connectivity index (χ2v) is 7.40. The third kappa shape index (κ3) is 3.50. The van der Waals surface area contributed by atoms with Crippen LogP contribution in [0, 0.1) is 0 Å². The summed E-state index contributed by atoms with van der Waals surface area (Å²) in [6.45, 7) is 14.9. The van der Waals surface area contributed by atoms with Crippen LogP contribution in [0.25, 0.3) is 0 Å². The highest BCUT2D eigenvalue weighted by molar-refractivity contribution is 5.01. The molecule has 2 aliphatic rings. The summed E-state index contributed by atoms with van der Waals surface area (Å²) in [7, 11) is 0. The molecule has 0 bridgehead atoms. The highest BCUT2D eigenvalue weighted by Gasteiger charge is 2.49. The average molecular weight is 268 g/mol. The molecule has 3 heteroatoms. The first-order valence-electron chi connectivity index (χ1n) is 8.02. The van der Waals surface area contributed by atoms with Crippen LogP contribution in [0.15, 0.2) is 0 Å². The molecule has 0 spiro atoms. The summed E-state index contributed by atoms with van der Waals surface area (Å²) in [6.07, 6.45) is 4.96. The van der Waals surface area contributed by atoms with Gasteiger partial charge in [0.25, 0.3) is 0 Å². The molecule has 0 aromatic carbocycles. The maximum atomic E-state index is 6.31. The summed E-state index contributed by atoms with van der Waals surface area (Å²) >= 11 is 0. The van der Waals surface area contributed by atoms with Crippen molar-refractivity contribution < 1.29 is 4.74 Å². The molecule has 112 valence electrons. The fourth-order valence-corrected chi connectivity index (χ4v) is 4.04. The first-order valence-corrected chi connectivity index (χ1v) is 8.02. The largest absolute Gasteiger partial charge is 0.368 e. The van der Waals surface area contributed by atoms with Crippen LogP contribution in [0.3, 0.4) is 0 Å². The molecule has 1 unspecified atom stereocenters. The van der Waals surface area contributed by atoms with Crippen LogP contribution >= 0.6 is 0 Å². The van der Waals surface area contributed by atoms with Crippen molar-refractivity contribution in [1.29, 1.82) is 0 Å². The van der Waals surface area contributed by atoms with Gasteiger partial charge in [-0.2, -0.15) is 0 Å². The highest BCUT2D eigenvalue weighted by Crippen LogP contribution is 2.41. The minimum absolute atomic E-state index is 0.0209. The number of piperidine rings is 1. The Balaban J connectivity index is 2.13. The molecule has 2 heterocycles. The van der Waals surface area contributed by atoms with Gasteiger partial charge in [0.15, 0.2) is 0 Å². The lowest BCUT2D eigenvalue weighted by molar-refractivity contribution is -0.0853. The van der Waals surface area contributed by atoms with Crippen LogP contribution in [-0.4, -0.2) is 47.8 Å². The second-order valence-electron chi connectivity index (χ2n) is 7.40. The van der Waals surface area contributed by atoms with Crippen molar-refractivity contribution in [3.05, 3.63) is 0 Å². The van der Waals surface area contributed by atoms with Gasteiger partial charge in [0.05, 0.1) is 11.2 Å². The molecule has 0 amide bonds. The van der Waals surface area contributed by atoms with Crippen molar-refractivity contribution in [3.63, 3.8) is 0 Å². The monoisotopic (exact) mass is 268 g/mol. The molecule has 0 saturated carbocycles. The predicted octanol–water partition coefficient (Wildman–Crippen LogP) is 2.80.